The highest BCUT2D eigenvalue weighted by Gasteiger charge is 2.19. The lowest BCUT2D eigenvalue weighted by atomic mass is 10.1. The molecule has 4 rings (SSSR count). The molecule has 8 nitrogen and oxygen atoms in total. The summed E-state index contributed by atoms with van der Waals surface area (Å²) in [6, 6.07) is 14.8. The molecule has 0 aliphatic heterocycles. The third-order valence-electron chi connectivity index (χ3n) is 5.03. The molecule has 0 aliphatic rings. The van der Waals surface area contributed by atoms with Crippen molar-refractivity contribution >= 4 is 40.7 Å². The van der Waals surface area contributed by atoms with Gasteiger partial charge in [-0.15, -0.1) is 11.3 Å². The maximum Gasteiger partial charge on any atom is 0.411 e. The number of nitrogens with one attached hydrogen (secondary N) is 1. The van der Waals surface area contributed by atoms with Crippen LogP contribution < -0.4 is 5.32 Å². The fraction of sp³-hybridized carbons (Fsp3) is 0.200. The zero-order chi connectivity index (χ0) is 24.8. The summed E-state index contributed by atoms with van der Waals surface area (Å²) in [5.74, 6) is -0.0401. The van der Waals surface area contributed by atoms with E-state index in [1.807, 2.05) is 42.5 Å². The van der Waals surface area contributed by atoms with Crippen LogP contribution in [-0.4, -0.2) is 35.4 Å². The number of hydrogen-bond acceptors (Lipinski definition) is 8. The molecule has 0 fully saturated rings. The van der Waals surface area contributed by atoms with Gasteiger partial charge in [-0.25, -0.2) is 14.6 Å². The van der Waals surface area contributed by atoms with Gasteiger partial charge in [-0.1, -0.05) is 59.2 Å². The quantitative estimate of drug-likeness (QED) is 0.273. The second kappa shape index (κ2) is 11.2. The number of anilines is 1. The number of halogens is 1. The Hall–Kier alpha value is -3.69. The van der Waals surface area contributed by atoms with Gasteiger partial charge in [-0.05, 0) is 25.5 Å². The predicted octanol–water partition coefficient (Wildman–Crippen LogP) is 6.39. The normalized spacial score (nSPS) is 10.7. The summed E-state index contributed by atoms with van der Waals surface area (Å²) in [4.78, 5) is 28.6. The molecule has 0 saturated heterocycles. The van der Waals surface area contributed by atoms with E-state index in [-0.39, 0.29) is 12.3 Å². The molecule has 0 aliphatic carbocycles. The Balaban J connectivity index is 1.42. The Morgan fingerprint density at radius 3 is 2.57 bits per heavy atom. The van der Waals surface area contributed by atoms with Crippen LogP contribution in [0, 0.1) is 6.92 Å². The number of aromatic nitrogens is 2. The number of benzene rings is 2. The first-order chi connectivity index (χ1) is 17.0. The highest BCUT2D eigenvalue weighted by atomic mass is 35.5. The van der Waals surface area contributed by atoms with Crippen LogP contribution in [0.1, 0.15) is 28.7 Å². The van der Waals surface area contributed by atoms with Gasteiger partial charge in [0, 0.05) is 28.0 Å². The molecule has 0 saturated carbocycles. The largest absolute Gasteiger partial charge is 0.461 e. The second-order valence-corrected chi connectivity index (χ2v) is 8.68. The minimum atomic E-state index is -0.615. The minimum absolute atomic E-state index is 0.172. The van der Waals surface area contributed by atoms with E-state index < -0.39 is 12.1 Å². The molecule has 10 heteroatoms. The highest BCUT2D eigenvalue weighted by molar-refractivity contribution is 7.13. The van der Waals surface area contributed by atoms with Crippen LogP contribution in [-0.2, 0) is 15.9 Å². The van der Waals surface area contributed by atoms with Crippen LogP contribution in [0.25, 0.3) is 21.9 Å². The molecule has 2 heterocycles. The monoisotopic (exact) mass is 511 g/mol. The topological polar surface area (TPSA) is 104 Å². The van der Waals surface area contributed by atoms with E-state index in [1.54, 1.807) is 25.3 Å². The second-order valence-electron chi connectivity index (χ2n) is 7.41. The number of amides is 1. The minimum Gasteiger partial charge on any atom is -0.461 e. The number of rotatable bonds is 8. The lowest BCUT2D eigenvalue weighted by molar-refractivity contribution is 0.0520. The first kappa shape index (κ1) is 24.4. The van der Waals surface area contributed by atoms with Gasteiger partial charge in [-0.3, -0.25) is 5.32 Å². The van der Waals surface area contributed by atoms with Crippen LogP contribution in [0.5, 0.6) is 0 Å². The van der Waals surface area contributed by atoms with E-state index in [4.69, 9.17) is 25.6 Å². The Kier molecular flexibility index (Phi) is 7.79. The number of carbonyl (C=O) groups excluding carboxylic acids is 2. The van der Waals surface area contributed by atoms with Crippen LogP contribution >= 0.6 is 22.9 Å². The van der Waals surface area contributed by atoms with Crippen LogP contribution in [0.4, 0.5) is 10.5 Å². The lowest BCUT2D eigenvalue weighted by Gasteiger charge is -2.08. The van der Waals surface area contributed by atoms with Crippen molar-refractivity contribution in [3.05, 3.63) is 75.9 Å². The van der Waals surface area contributed by atoms with Crippen molar-refractivity contribution in [2.45, 2.75) is 20.3 Å². The van der Waals surface area contributed by atoms with Crippen molar-refractivity contribution in [1.29, 1.82) is 0 Å². The maximum absolute atomic E-state index is 12.4. The molecule has 0 unspecified atom stereocenters. The van der Waals surface area contributed by atoms with Gasteiger partial charge in [0.25, 0.3) is 0 Å². The summed E-state index contributed by atoms with van der Waals surface area (Å²) in [6.07, 6.45) is -0.117. The van der Waals surface area contributed by atoms with Crippen molar-refractivity contribution < 1.29 is 23.6 Å². The fourth-order valence-electron chi connectivity index (χ4n) is 3.28. The van der Waals surface area contributed by atoms with Crippen molar-refractivity contribution in [3.8, 4) is 21.9 Å². The van der Waals surface area contributed by atoms with E-state index in [2.05, 4.69) is 15.5 Å². The van der Waals surface area contributed by atoms with Gasteiger partial charge >= 0.3 is 12.1 Å². The standard InChI is InChI=1S/C25H22ClN3O5S/c1-3-32-24(30)20-14-35-23(27-20)18-10-8-17(9-11-18)22-21(15(2)29-34-22)28-25(31)33-13-12-16-6-4-5-7-19(16)26/h4-11,14H,3,12-13H2,1-2H3,(H,28,31). The molecule has 0 radical (unpaired) electrons. The molecular formula is C25H22ClN3O5S. The Morgan fingerprint density at radius 1 is 1.09 bits per heavy atom. The predicted molar refractivity (Wildman–Crippen MR) is 134 cm³/mol. The molecule has 0 atom stereocenters. The summed E-state index contributed by atoms with van der Waals surface area (Å²) in [6.45, 7) is 3.94. The van der Waals surface area contributed by atoms with E-state index in [0.29, 0.717) is 45.8 Å². The van der Waals surface area contributed by atoms with Gasteiger partial charge in [0.05, 0.1) is 13.2 Å². The van der Waals surface area contributed by atoms with Crippen molar-refractivity contribution in [2.24, 2.45) is 0 Å². The third kappa shape index (κ3) is 5.87. The van der Waals surface area contributed by atoms with E-state index >= 15 is 0 Å². The summed E-state index contributed by atoms with van der Waals surface area (Å²) in [7, 11) is 0. The van der Waals surface area contributed by atoms with Gasteiger partial charge in [0.2, 0.25) is 0 Å². The lowest BCUT2D eigenvalue weighted by Crippen LogP contribution is -2.16. The molecule has 35 heavy (non-hydrogen) atoms. The highest BCUT2D eigenvalue weighted by Crippen LogP contribution is 2.33. The Bertz CT molecular complexity index is 1330. The summed E-state index contributed by atoms with van der Waals surface area (Å²) in [5, 5.41) is 9.69. The molecule has 1 N–H and O–H groups in total. The SMILES string of the molecule is CCOC(=O)c1csc(-c2ccc(-c3onc(C)c3NC(=O)OCCc3ccccc3Cl)cc2)n1. The molecule has 1 amide bonds. The smallest absolute Gasteiger partial charge is 0.411 e. The summed E-state index contributed by atoms with van der Waals surface area (Å²) >= 11 is 7.49. The molecule has 2 aromatic carbocycles. The van der Waals surface area contributed by atoms with Crippen LogP contribution in [0.15, 0.2) is 58.4 Å². The first-order valence-corrected chi connectivity index (χ1v) is 12.1. The van der Waals surface area contributed by atoms with Gasteiger partial charge in [0.1, 0.15) is 16.4 Å². The number of thiazole rings is 1. The maximum atomic E-state index is 12.4. The molecule has 0 spiro atoms. The van der Waals surface area contributed by atoms with Gasteiger partial charge < -0.3 is 14.0 Å². The van der Waals surface area contributed by atoms with Crippen molar-refractivity contribution in [3.63, 3.8) is 0 Å². The van der Waals surface area contributed by atoms with Crippen LogP contribution in [0.3, 0.4) is 0 Å². The molecular weight excluding hydrogens is 490 g/mol. The number of nitrogens with zero attached hydrogens (tertiary/aromatic N) is 2. The number of esters is 1. The van der Waals surface area contributed by atoms with Gasteiger partial charge in [-0.2, -0.15) is 0 Å². The average Bonchev–Trinajstić information content (AvgIpc) is 3.48. The zero-order valence-electron chi connectivity index (χ0n) is 19.0. The van der Waals surface area contributed by atoms with E-state index in [9.17, 15) is 9.59 Å². The Labute approximate surface area is 210 Å². The Morgan fingerprint density at radius 2 is 1.83 bits per heavy atom. The van der Waals surface area contributed by atoms with E-state index in [0.717, 1.165) is 11.1 Å². The van der Waals surface area contributed by atoms with Crippen molar-refractivity contribution in [2.75, 3.05) is 18.5 Å². The first-order valence-electron chi connectivity index (χ1n) is 10.8. The molecule has 0 bridgehead atoms. The average molecular weight is 512 g/mol. The third-order valence-corrected chi connectivity index (χ3v) is 6.30. The number of aryl methyl sites for hydroxylation is 1. The van der Waals surface area contributed by atoms with Crippen LogP contribution in [0.2, 0.25) is 5.02 Å². The number of carbonyl (C=O) groups is 2. The number of hydrogen-bond donors (Lipinski definition) is 1. The van der Waals surface area contributed by atoms with Crippen molar-refractivity contribution in [1.82, 2.24) is 10.1 Å². The molecule has 2 aromatic heterocycles. The number of ether oxygens (including phenoxy) is 2. The molecule has 180 valence electrons. The van der Waals surface area contributed by atoms with E-state index in [1.165, 1.54) is 11.3 Å². The summed E-state index contributed by atoms with van der Waals surface area (Å²) < 4.78 is 15.8. The summed E-state index contributed by atoms with van der Waals surface area (Å²) in [5.41, 5.74) is 3.67. The van der Waals surface area contributed by atoms with Gasteiger partial charge in [0.15, 0.2) is 11.5 Å². The fourth-order valence-corrected chi connectivity index (χ4v) is 4.30. The zero-order valence-corrected chi connectivity index (χ0v) is 20.6. The molecule has 4 aromatic rings.